The molecule has 0 fully saturated rings. The molecule has 0 aromatic heterocycles. The first-order chi connectivity index (χ1) is 10.8. The lowest BCUT2D eigenvalue weighted by atomic mass is 10.1. The first-order valence-corrected chi connectivity index (χ1v) is 7.31. The van der Waals surface area contributed by atoms with Crippen molar-refractivity contribution in [2.75, 3.05) is 18.1 Å². The fraction of sp³-hybridized carbons (Fsp3) is 0.353. The highest BCUT2D eigenvalue weighted by Crippen LogP contribution is 2.27. The van der Waals surface area contributed by atoms with Crippen LogP contribution in [-0.4, -0.2) is 31.3 Å². The maximum atomic E-state index is 12.5. The fourth-order valence-electron chi connectivity index (χ4n) is 2.40. The zero-order chi connectivity index (χ0) is 17.0. The summed E-state index contributed by atoms with van der Waals surface area (Å²) in [6, 6.07) is 13.0. The molecule has 0 aliphatic heterocycles. The van der Waals surface area contributed by atoms with Gasteiger partial charge >= 0.3 is 6.18 Å². The summed E-state index contributed by atoms with van der Waals surface area (Å²) < 4.78 is 41.4. The van der Waals surface area contributed by atoms with Crippen molar-refractivity contribution in [3.8, 4) is 0 Å². The SMILES string of the molecule is CCN(C(=O)C(C)OCC(F)(F)F)c1cccc2ccccc12. The molecule has 0 spiro atoms. The number of hydrogen-bond acceptors (Lipinski definition) is 2. The lowest BCUT2D eigenvalue weighted by Crippen LogP contribution is -2.40. The number of carbonyl (C=O) groups excluding carboxylic acids is 1. The monoisotopic (exact) mass is 325 g/mol. The number of alkyl halides is 3. The summed E-state index contributed by atoms with van der Waals surface area (Å²) >= 11 is 0. The molecule has 124 valence electrons. The number of anilines is 1. The van der Waals surface area contributed by atoms with E-state index in [1.165, 1.54) is 11.8 Å². The number of rotatable bonds is 5. The van der Waals surface area contributed by atoms with Crippen LogP contribution in [-0.2, 0) is 9.53 Å². The first kappa shape index (κ1) is 17.3. The molecular weight excluding hydrogens is 307 g/mol. The summed E-state index contributed by atoms with van der Waals surface area (Å²) in [6.07, 6.45) is -5.62. The van der Waals surface area contributed by atoms with Crippen LogP contribution in [0.2, 0.25) is 0 Å². The molecular formula is C17H18F3NO2. The number of benzene rings is 2. The van der Waals surface area contributed by atoms with Crippen molar-refractivity contribution in [1.82, 2.24) is 0 Å². The van der Waals surface area contributed by atoms with Gasteiger partial charge in [0.1, 0.15) is 12.7 Å². The average molecular weight is 325 g/mol. The molecule has 3 nitrogen and oxygen atoms in total. The van der Waals surface area contributed by atoms with E-state index in [1.807, 2.05) is 36.4 Å². The van der Waals surface area contributed by atoms with Gasteiger partial charge in [0.05, 0.1) is 5.69 Å². The number of hydrogen-bond donors (Lipinski definition) is 0. The van der Waals surface area contributed by atoms with E-state index in [4.69, 9.17) is 0 Å². The zero-order valence-corrected chi connectivity index (χ0v) is 12.9. The van der Waals surface area contributed by atoms with Crippen molar-refractivity contribution >= 4 is 22.4 Å². The number of fused-ring (bicyclic) bond motifs is 1. The predicted molar refractivity (Wildman–Crippen MR) is 83.4 cm³/mol. The zero-order valence-electron chi connectivity index (χ0n) is 12.9. The quantitative estimate of drug-likeness (QED) is 0.826. The Morgan fingerprint density at radius 2 is 1.83 bits per heavy atom. The van der Waals surface area contributed by atoms with E-state index in [0.717, 1.165) is 10.8 Å². The van der Waals surface area contributed by atoms with E-state index < -0.39 is 24.8 Å². The molecule has 0 radical (unpaired) electrons. The maximum Gasteiger partial charge on any atom is 0.411 e. The van der Waals surface area contributed by atoms with Crippen LogP contribution in [0.15, 0.2) is 42.5 Å². The minimum absolute atomic E-state index is 0.340. The molecule has 0 saturated heterocycles. The van der Waals surface area contributed by atoms with Crippen molar-refractivity contribution in [2.24, 2.45) is 0 Å². The highest BCUT2D eigenvalue weighted by molar-refractivity contribution is 6.05. The van der Waals surface area contributed by atoms with Crippen LogP contribution in [0.4, 0.5) is 18.9 Å². The van der Waals surface area contributed by atoms with Crippen molar-refractivity contribution in [3.63, 3.8) is 0 Å². The second kappa shape index (κ2) is 7.00. The molecule has 0 heterocycles. The predicted octanol–water partition coefficient (Wildman–Crippen LogP) is 4.16. The number of amides is 1. The lowest BCUT2D eigenvalue weighted by Gasteiger charge is -2.26. The Morgan fingerprint density at radius 3 is 2.48 bits per heavy atom. The molecule has 2 aromatic rings. The van der Waals surface area contributed by atoms with Crippen LogP contribution in [0.3, 0.4) is 0 Å². The van der Waals surface area contributed by atoms with Crippen LogP contribution in [0.5, 0.6) is 0 Å². The molecule has 1 amide bonds. The van der Waals surface area contributed by atoms with Crippen LogP contribution in [0.25, 0.3) is 10.8 Å². The van der Waals surface area contributed by atoms with E-state index in [0.29, 0.717) is 12.2 Å². The van der Waals surface area contributed by atoms with Crippen LogP contribution in [0.1, 0.15) is 13.8 Å². The molecule has 0 aliphatic rings. The summed E-state index contributed by atoms with van der Waals surface area (Å²) in [5.74, 6) is -0.492. The van der Waals surface area contributed by atoms with Crippen LogP contribution >= 0.6 is 0 Å². The second-order valence-electron chi connectivity index (χ2n) is 5.15. The minimum Gasteiger partial charge on any atom is -0.359 e. The molecule has 0 saturated carbocycles. The Balaban J connectivity index is 2.26. The van der Waals surface area contributed by atoms with E-state index in [-0.39, 0.29) is 0 Å². The van der Waals surface area contributed by atoms with Gasteiger partial charge in [-0.15, -0.1) is 0 Å². The van der Waals surface area contributed by atoms with Gasteiger partial charge in [-0.05, 0) is 25.3 Å². The van der Waals surface area contributed by atoms with Gasteiger partial charge in [-0.2, -0.15) is 13.2 Å². The molecule has 1 unspecified atom stereocenters. The van der Waals surface area contributed by atoms with E-state index in [9.17, 15) is 18.0 Å². The van der Waals surface area contributed by atoms with Crippen LogP contribution in [0, 0.1) is 0 Å². The van der Waals surface area contributed by atoms with Crippen molar-refractivity contribution in [1.29, 1.82) is 0 Å². The number of likely N-dealkylation sites (N-methyl/N-ethyl adjacent to an activating group) is 1. The van der Waals surface area contributed by atoms with Gasteiger partial charge in [0.15, 0.2) is 0 Å². The molecule has 2 aromatic carbocycles. The largest absolute Gasteiger partial charge is 0.411 e. The van der Waals surface area contributed by atoms with Crippen LogP contribution < -0.4 is 4.90 Å². The third-order valence-electron chi connectivity index (χ3n) is 3.48. The summed E-state index contributed by atoms with van der Waals surface area (Å²) in [5.41, 5.74) is 0.665. The Bertz CT molecular complexity index is 680. The third-order valence-corrected chi connectivity index (χ3v) is 3.48. The molecule has 0 bridgehead atoms. The van der Waals surface area contributed by atoms with E-state index in [2.05, 4.69) is 4.74 Å². The van der Waals surface area contributed by atoms with Gasteiger partial charge in [0.2, 0.25) is 0 Å². The number of nitrogens with zero attached hydrogens (tertiary/aromatic N) is 1. The summed E-state index contributed by atoms with van der Waals surface area (Å²) in [7, 11) is 0. The van der Waals surface area contributed by atoms with Crippen molar-refractivity contribution < 1.29 is 22.7 Å². The van der Waals surface area contributed by atoms with Gasteiger partial charge in [-0.25, -0.2) is 0 Å². The van der Waals surface area contributed by atoms with E-state index in [1.54, 1.807) is 13.0 Å². The van der Waals surface area contributed by atoms with E-state index >= 15 is 0 Å². The smallest absolute Gasteiger partial charge is 0.359 e. The topological polar surface area (TPSA) is 29.5 Å². The third kappa shape index (κ3) is 4.22. The number of carbonyl (C=O) groups is 1. The Kier molecular flexibility index (Phi) is 5.26. The van der Waals surface area contributed by atoms with Crippen molar-refractivity contribution in [2.45, 2.75) is 26.1 Å². The summed E-state index contributed by atoms with van der Waals surface area (Å²) in [6.45, 7) is 2.01. The van der Waals surface area contributed by atoms with Crippen molar-refractivity contribution in [3.05, 3.63) is 42.5 Å². The number of halogens is 3. The average Bonchev–Trinajstić information content (AvgIpc) is 2.52. The summed E-state index contributed by atoms with van der Waals surface area (Å²) in [4.78, 5) is 13.9. The molecule has 2 rings (SSSR count). The van der Waals surface area contributed by atoms with Gasteiger partial charge < -0.3 is 9.64 Å². The van der Waals surface area contributed by atoms with Gasteiger partial charge in [-0.1, -0.05) is 36.4 Å². The lowest BCUT2D eigenvalue weighted by molar-refractivity contribution is -0.185. The Labute approximate surface area is 132 Å². The highest BCUT2D eigenvalue weighted by Gasteiger charge is 2.31. The highest BCUT2D eigenvalue weighted by atomic mass is 19.4. The Hall–Kier alpha value is -2.08. The van der Waals surface area contributed by atoms with Gasteiger partial charge in [-0.3, -0.25) is 4.79 Å². The summed E-state index contributed by atoms with van der Waals surface area (Å²) in [5, 5.41) is 1.83. The fourth-order valence-corrected chi connectivity index (χ4v) is 2.40. The number of ether oxygens (including phenoxy) is 1. The molecule has 1 atom stereocenters. The molecule has 6 heteroatoms. The second-order valence-corrected chi connectivity index (χ2v) is 5.15. The first-order valence-electron chi connectivity index (χ1n) is 7.31. The normalized spacial score (nSPS) is 13.1. The molecule has 23 heavy (non-hydrogen) atoms. The van der Waals surface area contributed by atoms with Gasteiger partial charge in [0, 0.05) is 11.9 Å². The Morgan fingerprint density at radius 1 is 1.17 bits per heavy atom. The maximum absolute atomic E-state index is 12.5. The molecule has 0 aliphatic carbocycles. The minimum atomic E-state index is -4.45. The standard InChI is InChI=1S/C17H18F3NO2/c1-3-21(16(22)12(2)23-11-17(18,19)20)15-10-6-8-13-7-4-5-9-14(13)15/h4-10,12H,3,11H2,1-2H3. The molecule has 0 N–H and O–H groups in total. The van der Waals surface area contributed by atoms with Gasteiger partial charge in [0.25, 0.3) is 5.91 Å².